The van der Waals surface area contributed by atoms with Crippen LogP contribution in [0.15, 0.2) is 47.8 Å². The van der Waals surface area contributed by atoms with Crippen molar-refractivity contribution in [2.45, 2.75) is 31.9 Å². The minimum Gasteiger partial charge on any atom is -0.412 e. The maximum atomic E-state index is 10.3. The van der Waals surface area contributed by atoms with Gasteiger partial charge in [0.15, 0.2) is 0 Å². The molecule has 0 radical (unpaired) electrons. The minimum absolute atomic E-state index is 0. The lowest BCUT2D eigenvalue weighted by molar-refractivity contribution is 0.108. The molecular weight excluding hydrogens is 294 g/mol. The third-order valence-electron chi connectivity index (χ3n) is 4.38. The summed E-state index contributed by atoms with van der Waals surface area (Å²) in [7, 11) is 0. The average Bonchev–Trinajstić information content (AvgIpc) is 3.05. The van der Waals surface area contributed by atoms with Crippen molar-refractivity contribution in [2.24, 2.45) is 5.92 Å². The van der Waals surface area contributed by atoms with Gasteiger partial charge in [0, 0.05) is 11.4 Å². The predicted octanol–water partition coefficient (Wildman–Crippen LogP) is 3.26. The highest BCUT2D eigenvalue weighted by Crippen LogP contribution is 2.30. The van der Waals surface area contributed by atoms with Gasteiger partial charge in [-0.25, -0.2) is 0 Å². The molecule has 2 heterocycles. The van der Waals surface area contributed by atoms with E-state index in [0.29, 0.717) is 5.92 Å². The molecule has 1 atom stereocenters. The molecule has 0 spiro atoms. The molecule has 120 valence electrons. The Hall–Kier alpha value is -1.20. The van der Waals surface area contributed by atoms with Crippen molar-refractivity contribution in [3.8, 4) is 0 Å². The summed E-state index contributed by atoms with van der Waals surface area (Å²) in [5.41, 5.74) is 1.40. The lowest BCUT2D eigenvalue weighted by Gasteiger charge is -2.32. The molecule has 3 N–H and O–H groups in total. The van der Waals surface area contributed by atoms with E-state index in [1.54, 1.807) is 11.3 Å². The number of aliphatic hydroxyl groups is 1. The van der Waals surface area contributed by atoms with Crippen LogP contribution < -0.4 is 0 Å². The lowest BCUT2D eigenvalue weighted by atomic mass is 9.90. The molecule has 1 fully saturated rings. The first-order valence-corrected chi connectivity index (χ1v) is 8.67. The van der Waals surface area contributed by atoms with Crippen LogP contribution in [0, 0.1) is 5.92 Å². The van der Waals surface area contributed by atoms with E-state index in [-0.39, 0.29) is 11.6 Å². The van der Waals surface area contributed by atoms with Gasteiger partial charge in [0.25, 0.3) is 0 Å². The number of aliphatic hydroxyl groups excluding tert-OH is 1. The fraction of sp³-hybridized carbons (Fsp3) is 0.444. The Labute approximate surface area is 136 Å². The molecule has 2 aromatic rings. The monoisotopic (exact) mass is 319 g/mol. The van der Waals surface area contributed by atoms with Crippen molar-refractivity contribution in [3.05, 3.63) is 58.3 Å². The lowest BCUT2D eigenvalue weighted by Crippen LogP contribution is -2.33. The van der Waals surface area contributed by atoms with Crippen molar-refractivity contribution in [3.63, 3.8) is 0 Å². The zero-order valence-corrected chi connectivity index (χ0v) is 13.6. The topological polar surface area (TPSA) is 55.0 Å². The second kappa shape index (κ2) is 8.44. The van der Waals surface area contributed by atoms with Gasteiger partial charge in [-0.1, -0.05) is 36.4 Å². The fourth-order valence-corrected chi connectivity index (χ4v) is 3.86. The maximum Gasteiger partial charge on any atom is 0.0884 e. The van der Waals surface area contributed by atoms with Gasteiger partial charge in [0.05, 0.1) is 6.10 Å². The maximum absolute atomic E-state index is 10.3. The van der Waals surface area contributed by atoms with Crippen LogP contribution in [0.3, 0.4) is 0 Å². The van der Waals surface area contributed by atoms with E-state index < -0.39 is 0 Å². The van der Waals surface area contributed by atoms with Crippen LogP contribution in [0.25, 0.3) is 0 Å². The Bertz CT molecular complexity index is 521. The summed E-state index contributed by atoms with van der Waals surface area (Å²) < 4.78 is 0. The van der Waals surface area contributed by atoms with Gasteiger partial charge >= 0.3 is 0 Å². The molecule has 3 nitrogen and oxygen atoms in total. The highest BCUT2D eigenvalue weighted by molar-refractivity contribution is 7.10. The number of nitrogens with zero attached hydrogens (tertiary/aromatic N) is 1. The van der Waals surface area contributed by atoms with Crippen molar-refractivity contribution >= 4 is 11.3 Å². The Morgan fingerprint density at radius 1 is 1.09 bits per heavy atom. The molecule has 1 aromatic carbocycles. The molecule has 1 saturated heterocycles. The van der Waals surface area contributed by atoms with Crippen LogP contribution in [0.4, 0.5) is 0 Å². The van der Waals surface area contributed by atoms with E-state index in [0.717, 1.165) is 30.9 Å². The molecule has 0 amide bonds. The van der Waals surface area contributed by atoms with Gasteiger partial charge in [-0.15, -0.1) is 11.3 Å². The molecule has 1 aliphatic rings. The van der Waals surface area contributed by atoms with E-state index in [9.17, 15) is 5.11 Å². The number of thiophene rings is 1. The van der Waals surface area contributed by atoms with E-state index in [1.165, 1.54) is 18.4 Å². The molecular formula is C18H25NO2S. The molecule has 1 aromatic heterocycles. The average molecular weight is 319 g/mol. The molecule has 22 heavy (non-hydrogen) atoms. The van der Waals surface area contributed by atoms with Gasteiger partial charge in [0.2, 0.25) is 0 Å². The normalized spacial score (nSPS) is 17.9. The number of benzene rings is 1. The second-order valence-electron chi connectivity index (χ2n) is 5.97. The van der Waals surface area contributed by atoms with E-state index in [1.807, 2.05) is 17.5 Å². The Kier molecular flexibility index (Phi) is 6.58. The van der Waals surface area contributed by atoms with E-state index >= 15 is 0 Å². The molecule has 1 aliphatic heterocycles. The summed E-state index contributed by atoms with van der Waals surface area (Å²) in [4.78, 5) is 3.64. The minimum atomic E-state index is -0.268. The molecule has 4 heteroatoms. The number of piperidine rings is 1. The van der Waals surface area contributed by atoms with Crippen LogP contribution in [-0.4, -0.2) is 28.6 Å². The zero-order chi connectivity index (χ0) is 14.5. The smallest absolute Gasteiger partial charge is 0.0884 e. The van der Waals surface area contributed by atoms with E-state index in [4.69, 9.17) is 0 Å². The van der Waals surface area contributed by atoms with Gasteiger partial charge in [-0.3, -0.25) is 4.90 Å². The third kappa shape index (κ3) is 4.65. The highest BCUT2D eigenvalue weighted by Gasteiger charge is 2.22. The quantitative estimate of drug-likeness (QED) is 0.919. The Morgan fingerprint density at radius 3 is 2.45 bits per heavy atom. The summed E-state index contributed by atoms with van der Waals surface area (Å²) >= 11 is 1.66. The van der Waals surface area contributed by atoms with Crippen LogP contribution in [0.5, 0.6) is 0 Å². The molecule has 0 aliphatic carbocycles. The molecule has 0 saturated carbocycles. The SMILES string of the molecule is O.OC(CC1CCN(Cc2ccccc2)CC1)c1cccs1. The summed E-state index contributed by atoms with van der Waals surface area (Å²) in [5.74, 6) is 0.661. The molecule has 1 unspecified atom stereocenters. The van der Waals surface area contributed by atoms with Crippen molar-refractivity contribution < 1.29 is 10.6 Å². The first-order chi connectivity index (χ1) is 10.3. The van der Waals surface area contributed by atoms with Gasteiger partial charge in [-0.05, 0) is 55.3 Å². The summed E-state index contributed by atoms with van der Waals surface area (Å²) in [5, 5.41) is 12.3. The predicted molar refractivity (Wildman–Crippen MR) is 92.0 cm³/mol. The number of rotatable bonds is 5. The largest absolute Gasteiger partial charge is 0.412 e. The second-order valence-corrected chi connectivity index (χ2v) is 6.95. The summed E-state index contributed by atoms with van der Waals surface area (Å²) in [6.45, 7) is 3.36. The Morgan fingerprint density at radius 2 is 1.82 bits per heavy atom. The van der Waals surface area contributed by atoms with Crippen molar-refractivity contribution in [1.29, 1.82) is 0 Å². The van der Waals surface area contributed by atoms with Crippen LogP contribution in [-0.2, 0) is 6.54 Å². The summed E-state index contributed by atoms with van der Waals surface area (Å²) in [6.07, 6.45) is 3.06. The Balaban J connectivity index is 0.00000176. The third-order valence-corrected chi connectivity index (χ3v) is 5.36. The first-order valence-electron chi connectivity index (χ1n) is 7.79. The standard InChI is InChI=1S/C18H23NOS.H2O/c20-17(18-7-4-12-21-18)13-15-8-10-19(11-9-15)14-16-5-2-1-3-6-16;/h1-7,12,15,17,20H,8-11,13-14H2;1H2. The number of likely N-dealkylation sites (tertiary alicyclic amines) is 1. The van der Waals surface area contributed by atoms with Crippen LogP contribution in [0.2, 0.25) is 0 Å². The van der Waals surface area contributed by atoms with Gasteiger partial charge < -0.3 is 10.6 Å². The number of hydrogen-bond donors (Lipinski definition) is 1. The first kappa shape index (κ1) is 17.2. The van der Waals surface area contributed by atoms with Crippen LogP contribution in [0.1, 0.15) is 35.8 Å². The fourth-order valence-electron chi connectivity index (χ4n) is 3.13. The van der Waals surface area contributed by atoms with Crippen LogP contribution >= 0.6 is 11.3 Å². The zero-order valence-electron chi connectivity index (χ0n) is 12.8. The van der Waals surface area contributed by atoms with Crippen molar-refractivity contribution in [1.82, 2.24) is 4.90 Å². The van der Waals surface area contributed by atoms with E-state index in [2.05, 4.69) is 35.2 Å². The van der Waals surface area contributed by atoms with Gasteiger partial charge in [-0.2, -0.15) is 0 Å². The number of hydrogen-bond acceptors (Lipinski definition) is 3. The van der Waals surface area contributed by atoms with Crippen molar-refractivity contribution in [2.75, 3.05) is 13.1 Å². The van der Waals surface area contributed by atoms with Gasteiger partial charge in [0.1, 0.15) is 0 Å². The molecule has 3 rings (SSSR count). The molecule has 0 bridgehead atoms. The summed E-state index contributed by atoms with van der Waals surface area (Å²) in [6, 6.07) is 14.8. The highest BCUT2D eigenvalue weighted by atomic mass is 32.1.